The van der Waals surface area contributed by atoms with E-state index in [2.05, 4.69) is 6.92 Å². The maximum atomic E-state index is 5.35. The van der Waals surface area contributed by atoms with Gasteiger partial charge in [0.25, 0.3) is 0 Å². The van der Waals surface area contributed by atoms with Crippen molar-refractivity contribution >= 4 is 11.6 Å². The third-order valence-corrected chi connectivity index (χ3v) is 1.74. The molecule has 0 aliphatic rings. The van der Waals surface area contributed by atoms with Crippen molar-refractivity contribution in [3.63, 3.8) is 0 Å². The minimum absolute atomic E-state index is 0.421. The van der Waals surface area contributed by atoms with Crippen molar-refractivity contribution in [3.05, 3.63) is 11.6 Å². The van der Waals surface area contributed by atoms with Crippen LogP contribution in [0.4, 0.5) is 0 Å². The molecule has 0 N–H and O–H groups in total. The van der Waals surface area contributed by atoms with E-state index in [0.717, 1.165) is 32.5 Å². The molecule has 0 radical (unpaired) electrons. The largest absolute Gasteiger partial charge is 0.355 e. The van der Waals surface area contributed by atoms with Gasteiger partial charge >= 0.3 is 0 Å². The van der Waals surface area contributed by atoms with Crippen LogP contribution in [-0.2, 0) is 9.47 Å². The first kappa shape index (κ1) is 12.9. The Bertz CT molecular complexity index is 115. The molecule has 0 amide bonds. The van der Waals surface area contributed by atoms with Gasteiger partial charge in [0, 0.05) is 18.7 Å². The van der Waals surface area contributed by atoms with E-state index in [1.54, 1.807) is 0 Å². The van der Waals surface area contributed by atoms with Crippen LogP contribution in [0, 0.1) is 0 Å². The number of rotatable bonds is 9. The van der Waals surface area contributed by atoms with Crippen LogP contribution in [0.1, 0.15) is 32.6 Å². The molecule has 0 unspecified atom stereocenters. The number of hydrogen-bond acceptors (Lipinski definition) is 2. The van der Waals surface area contributed by atoms with E-state index in [0.29, 0.717) is 6.79 Å². The van der Waals surface area contributed by atoms with Crippen LogP contribution < -0.4 is 0 Å². The fourth-order valence-electron chi connectivity index (χ4n) is 0.789. The Kier molecular flexibility index (Phi) is 11.9. The zero-order chi connectivity index (χ0) is 9.78. The minimum Gasteiger partial charge on any atom is -0.355 e. The topological polar surface area (TPSA) is 18.5 Å². The van der Waals surface area contributed by atoms with E-state index in [1.807, 2.05) is 6.08 Å². The molecule has 2 nitrogen and oxygen atoms in total. The predicted molar refractivity (Wildman–Crippen MR) is 55.9 cm³/mol. The lowest BCUT2D eigenvalue weighted by atomic mass is 10.3. The second-order valence-corrected chi connectivity index (χ2v) is 3.04. The maximum Gasteiger partial charge on any atom is 0.146 e. The Hall–Kier alpha value is -0.0500. The molecule has 0 rings (SSSR count). The molecule has 0 atom stereocenters. The first-order valence-corrected chi connectivity index (χ1v) is 5.26. The van der Waals surface area contributed by atoms with Gasteiger partial charge in [-0.15, -0.1) is 0 Å². The molecule has 0 heterocycles. The van der Waals surface area contributed by atoms with E-state index >= 15 is 0 Å². The summed E-state index contributed by atoms with van der Waals surface area (Å²) in [5.41, 5.74) is 1.54. The molecule has 0 bridgehead atoms. The van der Waals surface area contributed by atoms with Crippen LogP contribution in [-0.4, -0.2) is 20.0 Å². The van der Waals surface area contributed by atoms with Gasteiger partial charge in [0.1, 0.15) is 6.79 Å². The fourth-order valence-corrected chi connectivity index (χ4v) is 0.915. The predicted octanol–water partition coefficient (Wildman–Crippen LogP) is 3.31. The summed E-state index contributed by atoms with van der Waals surface area (Å²) < 4.78 is 10.4. The zero-order valence-electron chi connectivity index (χ0n) is 8.30. The first-order chi connectivity index (χ1) is 6.41. The smallest absolute Gasteiger partial charge is 0.146 e. The van der Waals surface area contributed by atoms with Gasteiger partial charge in [0.15, 0.2) is 0 Å². The Morgan fingerprint density at radius 2 is 1.85 bits per heavy atom. The molecule has 0 spiro atoms. The molecular weight excluding hydrogens is 188 g/mol. The summed E-state index contributed by atoms with van der Waals surface area (Å²) in [7, 11) is 0. The zero-order valence-corrected chi connectivity index (χ0v) is 9.05. The van der Waals surface area contributed by atoms with E-state index in [9.17, 15) is 0 Å². The van der Waals surface area contributed by atoms with Gasteiger partial charge in [-0.2, -0.15) is 0 Å². The van der Waals surface area contributed by atoms with Crippen molar-refractivity contribution in [2.45, 2.75) is 32.6 Å². The highest BCUT2D eigenvalue weighted by atomic mass is 35.5. The molecule has 0 saturated carbocycles. The lowest BCUT2D eigenvalue weighted by molar-refractivity contribution is -0.0547. The molecule has 78 valence electrons. The van der Waals surface area contributed by atoms with Crippen molar-refractivity contribution < 1.29 is 9.47 Å². The summed E-state index contributed by atoms with van der Waals surface area (Å²) in [6.07, 6.45) is 6.17. The second kappa shape index (κ2) is 11.9. The van der Waals surface area contributed by atoms with Crippen LogP contribution >= 0.6 is 11.6 Å². The number of ether oxygens (including phenoxy) is 2. The van der Waals surface area contributed by atoms with Crippen LogP contribution in [0.2, 0.25) is 0 Å². The van der Waals surface area contributed by atoms with Crippen molar-refractivity contribution in [2.24, 2.45) is 0 Å². The fraction of sp³-hybridized carbons (Fsp3) is 0.800. The third kappa shape index (κ3) is 12.0. The second-order valence-electron chi connectivity index (χ2n) is 2.79. The summed E-state index contributed by atoms with van der Waals surface area (Å²) in [5, 5.41) is 0. The number of unbranched alkanes of at least 4 members (excludes halogenated alkanes) is 2. The van der Waals surface area contributed by atoms with Gasteiger partial charge in [-0.3, -0.25) is 0 Å². The Morgan fingerprint density at radius 1 is 1.15 bits per heavy atom. The van der Waals surface area contributed by atoms with E-state index in [-0.39, 0.29) is 0 Å². The van der Waals surface area contributed by atoms with Gasteiger partial charge < -0.3 is 9.47 Å². The standard InChI is InChI=1S/C10H19ClO2/c1-2-3-8-12-10-13-9-6-4-5-7-11/h5,7H,2-4,6,8-10H2,1H3/b7-5+. The molecule has 0 aliphatic carbocycles. The Balaban J connectivity index is 2.83. The van der Waals surface area contributed by atoms with Crippen molar-refractivity contribution in [3.8, 4) is 0 Å². The Morgan fingerprint density at radius 3 is 2.46 bits per heavy atom. The summed E-state index contributed by atoms with van der Waals surface area (Å²) in [6, 6.07) is 0. The lowest BCUT2D eigenvalue weighted by Gasteiger charge is -2.03. The van der Waals surface area contributed by atoms with Crippen molar-refractivity contribution in [2.75, 3.05) is 20.0 Å². The van der Waals surface area contributed by atoms with Crippen LogP contribution in [0.15, 0.2) is 11.6 Å². The summed E-state index contributed by atoms with van der Waals surface area (Å²) in [5.74, 6) is 0. The summed E-state index contributed by atoms with van der Waals surface area (Å²) in [4.78, 5) is 0. The van der Waals surface area contributed by atoms with Gasteiger partial charge in [0.2, 0.25) is 0 Å². The average molecular weight is 207 g/mol. The molecule has 0 fully saturated rings. The quantitative estimate of drug-likeness (QED) is 0.426. The molecule has 3 heteroatoms. The third-order valence-electron chi connectivity index (χ3n) is 1.56. The average Bonchev–Trinajstić information content (AvgIpc) is 2.16. The molecule has 0 saturated heterocycles. The molecular formula is C10H19ClO2. The molecule has 13 heavy (non-hydrogen) atoms. The summed E-state index contributed by atoms with van der Waals surface area (Å²) in [6.45, 7) is 4.11. The number of hydrogen-bond donors (Lipinski definition) is 0. The van der Waals surface area contributed by atoms with Gasteiger partial charge in [-0.05, 0) is 19.3 Å². The maximum absolute atomic E-state index is 5.35. The Labute approximate surface area is 85.9 Å². The monoisotopic (exact) mass is 206 g/mol. The van der Waals surface area contributed by atoms with Crippen LogP contribution in [0.25, 0.3) is 0 Å². The molecule has 0 aromatic heterocycles. The SMILES string of the molecule is CCCCOCOCCC/C=C/Cl. The van der Waals surface area contributed by atoms with Gasteiger partial charge in [-0.1, -0.05) is 31.0 Å². The van der Waals surface area contributed by atoms with Crippen LogP contribution in [0.5, 0.6) is 0 Å². The molecule has 0 aromatic carbocycles. The normalized spacial score (nSPS) is 11.2. The van der Waals surface area contributed by atoms with Gasteiger partial charge in [-0.25, -0.2) is 0 Å². The summed E-state index contributed by atoms with van der Waals surface area (Å²) >= 11 is 5.35. The minimum atomic E-state index is 0.421. The lowest BCUT2D eigenvalue weighted by Crippen LogP contribution is -2.02. The number of halogens is 1. The highest BCUT2D eigenvalue weighted by Gasteiger charge is 1.88. The van der Waals surface area contributed by atoms with Crippen LogP contribution in [0.3, 0.4) is 0 Å². The van der Waals surface area contributed by atoms with E-state index in [1.165, 1.54) is 12.0 Å². The molecule has 0 aliphatic heterocycles. The van der Waals surface area contributed by atoms with E-state index in [4.69, 9.17) is 21.1 Å². The first-order valence-electron chi connectivity index (χ1n) is 4.82. The van der Waals surface area contributed by atoms with Gasteiger partial charge in [0.05, 0.1) is 0 Å². The highest BCUT2D eigenvalue weighted by molar-refractivity contribution is 6.25. The number of allylic oxidation sites excluding steroid dienone is 1. The molecule has 0 aromatic rings. The van der Waals surface area contributed by atoms with E-state index < -0.39 is 0 Å². The van der Waals surface area contributed by atoms with Crippen molar-refractivity contribution in [1.29, 1.82) is 0 Å². The van der Waals surface area contributed by atoms with Crippen molar-refractivity contribution in [1.82, 2.24) is 0 Å². The highest BCUT2D eigenvalue weighted by Crippen LogP contribution is 1.94.